The standard InChI is InChI=1S/C15H23N3OS/c1-4-15(5-2,9-19)8-17-12-7-13-14(6-11(12)16)20-10(3)18-13/h6-7,17,19H,4-5,8-9,16H2,1-3H3. The van der Waals surface area contributed by atoms with E-state index in [1.807, 2.05) is 19.1 Å². The van der Waals surface area contributed by atoms with Crippen LogP contribution in [0, 0.1) is 12.3 Å². The number of hydrogen-bond donors (Lipinski definition) is 3. The molecule has 0 fully saturated rings. The van der Waals surface area contributed by atoms with Crippen molar-refractivity contribution in [2.45, 2.75) is 33.6 Å². The number of aromatic nitrogens is 1. The molecular formula is C15H23N3OS. The van der Waals surface area contributed by atoms with Crippen molar-refractivity contribution >= 4 is 32.9 Å². The van der Waals surface area contributed by atoms with E-state index in [4.69, 9.17) is 5.73 Å². The summed E-state index contributed by atoms with van der Waals surface area (Å²) in [6.45, 7) is 7.12. The van der Waals surface area contributed by atoms with E-state index in [1.54, 1.807) is 11.3 Å². The number of fused-ring (bicyclic) bond motifs is 1. The third-order valence-electron chi connectivity index (χ3n) is 4.16. The van der Waals surface area contributed by atoms with E-state index in [1.165, 1.54) is 0 Å². The molecular weight excluding hydrogens is 270 g/mol. The van der Waals surface area contributed by atoms with Gasteiger partial charge in [0.25, 0.3) is 0 Å². The lowest BCUT2D eigenvalue weighted by Crippen LogP contribution is -2.32. The van der Waals surface area contributed by atoms with Gasteiger partial charge >= 0.3 is 0 Å². The third-order valence-corrected chi connectivity index (χ3v) is 5.09. The van der Waals surface area contributed by atoms with Crippen molar-refractivity contribution in [1.29, 1.82) is 0 Å². The number of aliphatic hydroxyl groups is 1. The Balaban J connectivity index is 2.22. The fraction of sp³-hybridized carbons (Fsp3) is 0.533. The van der Waals surface area contributed by atoms with Crippen LogP contribution >= 0.6 is 11.3 Å². The van der Waals surface area contributed by atoms with Crippen molar-refractivity contribution in [3.63, 3.8) is 0 Å². The second-order valence-electron chi connectivity index (χ2n) is 5.36. The highest BCUT2D eigenvalue weighted by Gasteiger charge is 2.25. The lowest BCUT2D eigenvalue weighted by atomic mass is 9.83. The first-order chi connectivity index (χ1) is 9.53. The van der Waals surface area contributed by atoms with Gasteiger partial charge in [-0.05, 0) is 31.9 Å². The van der Waals surface area contributed by atoms with Crippen LogP contribution in [0.25, 0.3) is 10.2 Å². The minimum atomic E-state index is -0.0839. The van der Waals surface area contributed by atoms with Crippen LogP contribution in [0.4, 0.5) is 11.4 Å². The molecule has 5 heteroatoms. The first-order valence-corrected chi connectivity index (χ1v) is 7.86. The molecule has 4 N–H and O–H groups in total. The molecule has 0 bridgehead atoms. The summed E-state index contributed by atoms with van der Waals surface area (Å²) >= 11 is 1.65. The van der Waals surface area contributed by atoms with Crippen LogP contribution < -0.4 is 11.1 Å². The Morgan fingerprint density at radius 3 is 2.65 bits per heavy atom. The summed E-state index contributed by atoms with van der Waals surface area (Å²) in [5.41, 5.74) is 8.64. The van der Waals surface area contributed by atoms with Crippen LogP contribution in [0.5, 0.6) is 0 Å². The molecule has 0 radical (unpaired) electrons. The number of anilines is 2. The summed E-state index contributed by atoms with van der Waals surface area (Å²) in [7, 11) is 0. The molecule has 1 heterocycles. The smallest absolute Gasteiger partial charge is 0.0907 e. The second-order valence-corrected chi connectivity index (χ2v) is 6.59. The Kier molecular flexibility index (Phi) is 4.50. The van der Waals surface area contributed by atoms with E-state index in [0.717, 1.165) is 46.0 Å². The average Bonchev–Trinajstić information content (AvgIpc) is 2.80. The van der Waals surface area contributed by atoms with E-state index in [9.17, 15) is 5.11 Å². The van der Waals surface area contributed by atoms with E-state index in [-0.39, 0.29) is 12.0 Å². The van der Waals surface area contributed by atoms with Gasteiger partial charge in [0, 0.05) is 12.0 Å². The Morgan fingerprint density at radius 2 is 2.05 bits per heavy atom. The summed E-state index contributed by atoms with van der Waals surface area (Å²) in [6.07, 6.45) is 1.87. The Bertz CT molecular complexity index is 582. The molecule has 4 nitrogen and oxygen atoms in total. The van der Waals surface area contributed by atoms with Gasteiger partial charge in [-0.25, -0.2) is 4.98 Å². The van der Waals surface area contributed by atoms with E-state index in [0.29, 0.717) is 0 Å². The van der Waals surface area contributed by atoms with Gasteiger partial charge in [0.1, 0.15) is 0 Å². The van der Waals surface area contributed by atoms with Crippen LogP contribution in [-0.4, -0.2) is 23.2 Å². The predicted molar refractivity (Wildman–Crippen MR) is 87.4 cm³/mol. The monoisotopic (exact) mass is 293 g/mol. The molecule has 20 heavy (non-hydrogen) atoms. The molecule has 0 saturated heterocycles. The number of nitrogens with two attached hydrogens (primary N) is 1. The van der Waals surface area contributed by atoms with E-state index in [2.05, 4.69) is 24.1 Å². The maximum atomic E-state index is 9.62. The molecule has 2 aromatic rings. The van der Waals surface area contributed by atoms with Gasteiger partial charge in [-0.1, -0.05) is 13.8 Å². The number of thiazole rings is 1. The highest BCUT2D eigenvalue weighted by atomic mass is 32.1. The zero-order valence-electron chi connectivity index (χ0n) is 12.4. The zero-order valence-corrected chi connectivity index (χ0v) is 13.2. The normalized spacial score (nSPS) is 12.0. The molecule has 0 unspecified atom stereocenters. The Labute approximate surface area is 124 Å². The highest BCUT2D eigenvalue weighted by Crippen LogP contribution is 2.32. The number of nitrogens with zero attached hydrogens (tertiary/aromatic N) is 1. The molecule has 0 amide bonds. The molecule has 2 rings (SSSR count). The van der Waals surface area contributed by atoms with Crippen LogP contribution in [0.2, 0.25) is 0 Å². The predicted octanol–water partition coefficient (Wildman–Crippen LogP) is 3.40. The number of benzene rings is 1. The van der Waals surface area contributed by atoms with E-state index < -0.39 is 0 Å². The SMILES string of the molecule is CCC(CC)(CO)CNc1cc2nc(C)sc2cc1N. The van der Waals surface area contributed by atoms with Crippen LogP contribution in [0.1, 0.15) is 31.7 Å². The van der Waals surface area contributed by atoms with E-state index >= 15 is 0 Å². The van der Waals surface area contributed by atoms with Gasteiger partial charge in [0.05, 0.1) is 33.2 Å². The maximum Gasteiger partial charge on any atom is 0.0907 e. The quantitative estimate of drug-likeness (QED) is 0.714. The van der Waals surface area contributed by atoms with Crippen molar-refractivity contribution < 1.29 is 5.11 Å². The van der Waals surface area contributed by atoms with Crippen LogP contribution in [-0.2, 0) is 0 Å². The maximum absolute atomic E-state index is 9.62. The fourth-order valence-corrected chi connectivity index (χ4v) is 3.18. The topological polar surface area (TPSA) is 71.2 Å². The first-order valence-electron chi connectivity index (χ1n) is 7.05. The molecule has 0 saturated carbocycles. The summed E-state index contributed by atoms with van der Waals surface area (Å²) in [6, 6.07) is 3.97. The van der Waals surface area contributed by atoms with Crippen LogP contribution in [0.3, 0.4) is 0 Å². The highest BCUT2D eigenvalue weighted by molar-refractivity contribution is 7.18. The van der Waals surface area contributed by atoms with Crippen molar-refractivity contribution in [1.82, 2.24) is 4.98 Å². The first kappa shape index (κ1) is 15.1. The molecule has 0 aliphatic carbocycles. The summed E-state index contributed by atoms with van der Waals surface area (Å²) in [5.74, 6) is 0. The number of aryl methyl sites for hydroxylation is 1. The molecule has 1 aromatic carbocycles. The third kappa shape index (κ3) is 2.88. The van der Waals surface area contributed by atoms with Crippen molar-refractivity contribution in [2.75, 3.05) is 24.2 Å². The second kappa shape index (κ2) is 5.97. The summed E-state index contributed by atoms with van der Waals surface area (Å²) in [5, 5.41) is 14.0. The van der Waals surface area contributed by atoms with Crippen LogP contribution in [0.15, 0.2) is 12.1 Å². The molecule has 0 spiro atoms. The molecule has 0 aliphatic rings. The summed E-state index contributed by atoms with van der Waals surface area (Å²) in [4.78, 5) is 4.49. The van der Waals surface area contributed by atoms with Gasteiger partial charge in [0.2, 0.25) is 0 Å². The number of hydrogen-bond acceptors (Lipinski definition) is 5. The molecule has 110 valence electrons. The van der Waals surface area contributed by atoms with Gasteiger partial charge in [-0.3, -0.25) is 0 Å². The molecule has 0 atom stereocenters. The number of nitrogen functional groups attached to an aromatic ring is 1. The fourth-order valence-electron chi connectivity index (χ4n) is 2.32. The molecule has 0 aliphatic heterocycles. The number of rotatable bonds is 6. The Morgan fingerprint density at radius 1 is 1.35 bits per heavy atom. The Hall–Kier alpha value is -1.33. The zero-order chi connectivity index (χ0) is 14.8. The van der Waals surface area contributed by atoms with Crippen molar-refractivity contribution in [3.8, 4) is 0 Å². The molecule has 1 aromatic heterocycles. The van der Waals surface area contributed by atoms with Gasteiger partial charge in [-0.2, -0.15) is 0 Å². The van der Waals surface area contributed by atoms with Crippen molar-refractivity contribution in [3.05, 3.63) is 17.1 Å². The summed E-state index contributed by atoms with van der Waals surface area (Å²) < 4.78 is 1.12. The minimum Gasteiger partial charge on any atom is -0.397 e. The van der Waals surface area contributed by atoms with Gasteiger partial charge < -0.3 is 16.2 Å². The minimum absolute atomic E-state index is 0.0839. The number of nitrogens with one attached hydrogen (secondary N) is 1. The lowest BCUT2D eigenvalue weighted by Gasteiger charge is -2.30. The van der Waals surface area contributed by atoms with Gasteiger partial charge in [-0.15, -0.1) is 11.3 Å². The van der Waals surface area contributed by atoms with Crippen molar-refractivity contribution in [2.24, 2.45) is 5.41 Å². The number of aliphatic hydroxyl groups excluding tert-OH is 1. The van der Waals surface area contributed by atoms with Gasteiger partial charge in [0.15, 0.2) is 0 Å². The largest absolute Gasteiger partial charge is 0.397 e. The average molecular weight is 293 g/mol. The lowest BCUT2D eigenvalue weighted by molar-refractivity contribution is 0.127.